The van der Waals surface area contributed by atoms with Crippen LogP contribution in [0.3, 0.4) is 0 Å². The summed E-state index contributed by atoms with van der Waals surface area (Å²) in [5.74, 6) is 2.72. The SMILES string of the molecule is Brc1c(C2CCCCCC2)nn2c1NCC1CCCCC12. The van der Waals surface area contributed by atoms with Gasteiger partial charge in [0.1, 0.15) is 5.82 Å². The van der Waals surface area contributed by atoms with Gasteiger partial charge < -0.3 is 5.32 Å². The highest BCUT2D eigenvalue weighted by Crippen LogP contribution is 2.45. The van der Waals surface area contributed by atoms with E-state index in [1.807, 2.05) is 0 Å². The first kappa shape index (κ1) is 14.1. The molecule has 1 aromatic heterocycles. The van der Waals surface area contributed by atoms with Crippen LogP contribution in [0.25, 0.3) is 0 Å². The van der Waals surface area contributed by atoms with E-state index in [1.165, 1.54) is 80.2 Å². The smallest absolute Gasteiger partial charge is 0.139 e. The average molecular weight is 352 g/mol. The van der Waals surface area contributed by atoms with Crippen LogP contribution in [0.5, 0.6) is 0 Å². The standard InChI is InChI=1S/C17H26BrN3/c18-15-16(12-7-3-1-2-4-8-12)20-21-14-10-6-5-9-13(14)11-19-17(15)21/h12-14,19H,1-11H2. The monoisotopic (exact) mass is 351 g/mol. The number of rotatable bonds is 1. The predicted molar refractivity (Wildman–Crippen MR) is 89.9 cm³/mol. The molecule has 0 aromatic carbocycles. The summed E-state index contributed by atoms with van der Waals surface area (Å²) < 4.78 is 3.61. The second-order valence-electron chi connectivity index (χ2n) is 7.17. The number of anilines is 1. The van der Waals surface area contributed by atoms with E-state index in [1.54, 1.807) is 0 Å². The average Bonchev–Trinajstić information content (AvgIpc) is 2.70. The lowest BCUT2D eigenvalue weighted by molar-refractivity contribution is 0.221. The molecule has 0 radical (unpaired) electrons. The molecule has 1 N–H and O–H groups in total. The van der Waals surface area contributed by atoms with Crippen LogP contribution in [0.2, 0.25) is 0 Å². The van der Waals surface area contributed by atoms with Gasteiger partial charge in [0, 0.05) is 12.5 Å². The summed E-state index contributed by atoms with van der Waals surface area (Å²) in [4.78, 5) is 0. The fourth-order valence-electron chi connectivity index (χ4n) is 4.62. The molecule has 2 atom stereocenters. The van der Waals surface area contributed by atoms with Crippen LogP contribution in [0, 0.1) is 5.92 Å². The van der Waals surface area contributed by atoms with Gasteiger partial charge in [-0.2, -0.15) is 5.10 Å². The summed E-state index contributed by atoms with van der Waals surface area (Å²) in [5.41, 5.74) is 1.34. The molecule has 1 aromatic rings. The summed E-state index contributed by atoms with van der Waals surface area (Å²) in [6, 6.07) is 0.644. The summed E-state index contributed by atoms with van der Waals surface area (Å²) in [6.07, 6.45) is 13.7. The summed E-state index contributed by atoms with van der Waals surface area (Å²) in [5, 5.41) is 8.77. The minimum Gasteiger partial charge on any atom is -0.369 e. The molecule has 21 heavy (non-hydrogen) atoms. The Kier molecular flexibility index (Phi) is 3.99. The third-order valence-electron chi connectivity index (χ3n) is 5.83. The van der Waals surface area contributed by atoms with Crippen LogP contribution < -0.4 is 5.32 Å². The molecule has 0 bridgehead atoms. The Morgan fingerprint density at radius 2 is 1.67 bits per heavy atom. The second-order valence-corrected chi connectivity index (χ2v) is 7.97. The topological polar surface area (TPSA) is 29.9 Å². The fourth-order valence-corrected chi connectivity index (χ4v) is 5.34. The molecule has 0 saturated heterocycles. The number of halogens is 1. The third-order valence-corrected chi connectivity index (χ3v) is 6.62. The summed E-state index contributed by atoms with van der Waals surface area (Å²) in [6.45, 7) is 1.14. The van der Waals surface area contributed by atoms with Crippen molar-refractivity contribution in [2.75, 3.05) is 11.9 Å². The fraction of sp³-hybridized carbons (Fsp3) is 0.824. The molecule has 0 spiro atoms. The third kappa shape index (κ3) is 2.54. The molecule has 2 aliphatic carbocycles. The van der Waals surface area contributed by atoms with E-state index in [0.29, 0.717) is 12.0 Å². The Labute approximate surface area is 136 Å². The molecule has 1 aliphatic heterocycles. The van der Waals surface area contributed by atoms with Crippen molar-refractivity contribution in [1.82, 2.24) is 9.78 Å². The van der Waals surface area contributed by atoms with Gasteiger partial charge >= 0.3 is 0 Å². The van der Waals surface area contributed by atoms with Gasteiger partial charge in [-0.25, -0.2) is 4.68 Å². The van der Waals surface area contributed by atoms with Gasteiger partial charge in [0.05, 0.1) is 16.2 Å². The number of hydrogen-bond acceptors (Lipinski definition) is 2. The molecule has 0 amide bonds. The largest absolute Gasteiger partial charge is 0.369 e. The van der Waals surface area contributed by atoms with E-state index in [0.717, 1.165) is 12.5 Å². The maximum absolute atomic E-state index is 5.11. The van der Waals surface area contributed by atoms with E-state index in [9.17, 15) is 0 Å². The first-order chi connectivity index (χ1) is 10.3. The quantitative estimate of drug-likeness (QED) is 0.701. The predicted octanol–water partition coefficient (Wildman–Crippen LogP) is 5.24. The van der Waals surface area contributed by atoms with Gasteiger partial charge in [0.2, 0.25) is 0 Å². The van der Waals surface area contributed by atoms with E-state index < -0.39 is 0 Å². The van der Waals surface area contributed by atoms with Crippen LogP contribution in [-0.4, -0.2) is 16.3 Å². The Balaban J connectivity index is 1.66. The number of nitrogens with one attached hydrogen (secondary N) is 1. The molecule has 4 rings (SSSR count). The number of aromatic nitrogens is 2. The zero-order chi connectivity index (χ0) is 14.2. The van der Waals surface area contributed by atoms with Gasteiger partial charge in [-0.3, -0.25) is 0 Å². The zero-order valence-corrected chi connectivity index (χ0v) is 14.4. The van der Waals surface area contributed by atoms with Crippen molar-refractivity contribution in [3.05, 3.63) is 10.2 Å². The molecular formula is C17H26BrN3. The van der Waals surface area contributed by atoms with Crippen LogP contribution in [-0.2, 0) is 0 Å². The van der Waals surface area contributed by atoms with Crippen molar-refractivity contribution >= 4 is 21.7 Å². The zero-order valence-electron chi connectivity index (χ0n) is 12.8. The lowest BCUT2D eigenvalue weighted by Gasteiger charge is -2.37. The van der Waals surface area contributed by atoms with Crippen LogP contribution >= 0.6 is 15.9 Å². The van der Waals surface area contributed by atoms with E-state index in [4.69, 9.17) is 5.10 Å². The van der Waals surface area contributed by atoms with Gasteiger partial charge in [-0.1, -0.05) is 38.5 Å². The minimum absolute atomic E-state index is 0.644. The second kappa shape index (κ2) is 5.94. The normalized spacial score (nSPS) is 30.1. The first-order valence-electron chi connectivity index (χ1n) is 8.86. The Morgan fingerprint density at radius 1 is 0.952 bits per heavy atom. The highest BCUT2D eigenvalue weighted by atomic mass is 79.9. The molecule has 116 valence electrons. The maximum Gasteiger partial charge on any atom is 0.139 e. The molecule has 3 aliphatic rings. The van der Waals surface area contributed by atoms with Crippen LogP contribution in [0.1, 0.15) is 81.9 Å². The Morgan fingerprint density at radius 3 is 2.48 bits per heavy atom. The van der Waals surface area contributed by atoms with Gasteiger partial charge in [0.25, 0.3) is 0 Å². The lowest BCUT2D eigenvalue weighted by atomic mass is 9.83. The molecular weight excluding hydrogens is 326 g/mol. The first-order valence-corrected chi connectivity index (χ1v) is 9.65. The van der Waals surface area contributed by atoms with Gasteiger partial charge in [-0.05, 0) is 47.5 Å². The Bertz CT molecular complexity index is 502. The van der Waals surface area contributed by atoms with Gasteiger partial charge in [0.15, 0.2) is 0 Å². The van der Waals surface area contributed by atoms with Gasteiger partial charge in [-0.15, -0.1) is 0 Å². The highest BCUT2D eigenvalue weighted by molar-refractivity contribution is 9.10. The number of fused-ring (bicyclic) bond motifs is 3. The molecule has 2 unspecified atom stereocenters. The Hall–Kier alpha value is -0.510. The number of hydrogen-bond donors (Lipinski definition) is 1. The molecule has 2 fully saturated rings. The molecule has 2 saturated carbocycles. The van der Waals surface area contributed by atoms with E-state index >= 15 is 0 Å². The van der Waals surface area contributed by atoms with Crippen molar-refractivity contribution < 1.29 is 0 Å². The van der Waals surface area contributed by atoms with Crippen molar-refractivity contribution in [2.45, 2.75) is 76.2 Å². The van der Waals surface area contributed by atoms with Crippen molar-refractivity contribution in [3.8, 4) is 0 Å². The van der Waals surface area contributed by atoms with Crippen molar-refractivity contribution in [1.29, 1.82) is 0 Å². The van der Waals surface area contributed by atoms with Crippen molar-refractivity contribution in [2.24, 2.45) is 5.92 Å². The van der Waals surface area contributed by atoms with E-state index in [-0.39, 0.29) is 0 Å². The highest BCUT2D eigenvalue weighted by Gasteiger charge is 2.35. The molecule has 4 heteroatoms. The maximum atomic E-state index is 5.11. The molecule has 2 heterocycles. The summed E-state index contributed by atoms with van der Waals surface area (Å²) >= 11 is 3.87. The number of nitrogens with zero attached hydrogens (tertiary/aromatic N) is 2. The van der Waals surface area contributed by atoms with Crippen LogP contribution in [0.4, 0.5) is 5.82 Å². The minimum atomic E-state index is 0.644. The van der Waals surface area contributed by atoms with Crippen molar-refractivity contribution in [3.63, 3.8) is 0 Å². The molecule has 3 nitrogen and oxygen atoms in total. The lowest BCUT2D eigenvalue weighted by Crippen LogP contribution is -2.35. The summed E-state index contributed by atoms with van der Waals surface area (Å²) in [7, 11) is 0. The van der Waals surface area contributed by atoms with Crippen LogP contribution in [0.15, 0.2) is 4.47 Å². The van der Waals surface area contributed by atoms with E-state index in [2.05, 4.69) is 25.9 Å².